The van der Waals surface area contributed by atoms with Crippen LogP contribution in [0.5, 0.6) is 0 Å². The van der Waals surface area contributed by atoms with E-state index in [1.165, 1.54) is 0 Å². The molecule has 0 fully saturated rings. The summed E-state index contributed by atoms with van der Waals surface area (Å²) < 4.78 is 0. The Labute approximate surface area is 68.8 Å². The molecule has 0 heterocycles. The minimum atomic E-state index is -1.43. The zero-order valence-corrected chi connectivity index (χ0v) is 8.39. The summed E-state index contributed by atoms with van der Waals surface area (Å²) >= 11 is 0. The summed E-state index contributed by atoms with van der Waals surface area (Å²) in [7, 11) is -1.43. The van der Waals surface area contributed by atoms with Crippen molar-refractivity contribution in [3.05, 3.63) is 10.8 Å². The highest BCUT2D eigenvalue weighted by Gasteiger charge is 2.19. The number of hydrogen-bond acceptors (Lipinski definition) is 2. The molecule has 0 spiro atoms. The zero-order chi connectivity index (χ0) is 9.07. The Kier molecular flexibility index (Phi) is 3.04. The molecule has 0 atom stereocenters. The lowest BCUT2D eigenvalue weighted by Gasteiger charge is -2.16. The van der Waals surface area contributed by atoms with Crippen LogP contribution in [0.4, 0.5) is 0 Å². The minimum Gasteiger partial charge on any atom is -0.192 e. The lowest BCUT2D eigenvalue weighted by Crippen LogP contribution is -2.23. The topological polar surface area (TPSA) is 47.6 Å². The molecule has 0 aromatic heterocycles. The van der Waals surface area contributed by atoms with Crippen molar-refractivity contribution < 1.29 is 0 Å². The second-order valence-electron chi connectivity index (χ2n) is 3.47. The summed E-state index contributed by atoms with van der Waals surface area (Å²) in [6, 6.07) is 3.82. The van der Waals surface area contributed by atoms with Gasteiger partial charge in [0, 0.05) is 0 Å². The second-order valence-corrected chi connectivity index (χ2v) is 8.72. The van der Waals surface area contributed by atoms with Gasteiger partial charge in [-0.05, 0) is 6.92 Å². The van der Waals surface area contributed by atoms with Crippen LogP contribution in [-0.4, -0.2) is 8.07 Å². The lowest BCUT2D eigenvalue weighted by molar-refractivity contribution is 1.41. The third-order valence-electron chi connectivity index (χ3n) is 1.72. The molecule has 58 valence electrons. The summed E-state index contributed by atoms with van der Waals surface area (Å²) in [6.45, 7) is 8.25. The second kappa shape index (κ2) is 3.36. The Morgan fingerprint density at radius 1 is 1.09 bits per heavy atom. The van der Waals surface area contributed by atoms with Gasteiger partial charge in [0.2, 0.25) is 0 Å². The average molecular weight is 164 g/mol. The first-order valence-electron chi connectivity index (χ1n) is 3.45. The summed E-state index contributed by atoms with van der Waals surface area (Å²) in [5.41, 5.74) is 0.296. The van der Waals surface area contributed by atoms with Crippen molar-refractivity contribution in [3.8, 4) is 12.1 Å². The van der Waals surface area contributed by atoms with Gasteiger partial charge in [-0.25, -0.2) is 0 Å². The van der Waals surface area contributed by atoms with E-state index in [-0.39, 0.29) is 0 Å². The van der Waals surface area contributed by atoms with Gasteiger partial charge < -0.3 is 0 Å². The molecule has 0 aromatic carbocycles. The predicted molar refractivity (Wildman–Crippen MR) is 47.3 cm³/mol. The van der Waals surface area contributed by atoms with E-state index in [1.54, 1.807) is 0 Å². The highest BCUT2D eigenvalue weighted by molar-refractivity contribution is 6.83. The molecular formula is C8H12N2Si. The molecular weight excluding hydrogens is 152 g/mol. The van der Waals surface area contributed by atoms with E-state index >= 15 is 0 Å². The highest BCUT2D eigenvalue weighted by atomic mass is 28.3. The molecule has 3 heteroatoms. The molecule has 0 radical (unpaired) electrons. The van der Waals surface area contributed by atoms with Gasteiger partial charge in [-0.3, -0.25) is 0 Å². The SMILES string of the molecule is CC(=C(C#N)C#N)[Si](C)(C)C. The van der Waals surface area contributed by atoms with Crippen molar-refractivity contribution in [1.29, 1.82) is 10.5 Å². The Balaban J connectivity index is 5.01. The average Bonchev–Trinajstić information content (AvgIpc) is 1.88. The maximum atomic E-state index is 8.55. The Morgan fingerprint density at radius 3 is 1.55 bits per heavy atom. The van der Waals surface area contributed by atoms with Crippen molar-refractivity contribution in [1.82, 2.24) is 0 Å². The highest BCUT2D eigenvalue weighted by Crippen LogP contribution is 2.16. The lowest BCUT2D eigenvalue weighted by atomic mass is 10.3. The normalized spacial score (nSPS) is 9.64. The van der Waals surface area contributed by atoms with Gasteiger partial charge in [0.15, 0.2) is 0 Å². The van der Waals surface area contributed by atoms with E-state index in [1.807, 2.05) is 19.1 Å². The maximum absolute atomic E-state index is 8.55. The summed E-state index contributed by atoms with van der Waals surface area (Å²) in [4.78, 5) is 0. The van der Waals surface area contributed by atoms with Crippen LogP contribution in [0.3, 0.4) is 0 Å². The van der Waals surface area contributed by atoms with E-state index in [9.17, 15) is 0 Å². The van der Waals surface area contributed by atoms with Gasteiger partial charge in [0.05, 0.1) is 8.07 Å². The molecule has 0 aliphatic rings. The van der Waals surface area contributed by atoms with Gasteiger partial charge in [-0.2, -0.15) is 10.5 Å². The maximum Gasteiger partial charge on any atom is 0.124 e. The molecule has 0 unspecified atom stereocenters. The van der Waals surface area contributed by atoms with Gasteiger partial charge in [0.1, 0.15) is 17.7 Å². The third-order valence-corrected chi connectivity index (χ3v) is 4.22. The third kappa shape index (κ3) is 2.57. The molecule has 0 aliphatic carbocycles. The first-order valence-corrected chi connectivity index (χ1v) is 6.95. The molecule has 0 aliphatic heterocycles. The molecule has 0 amide bonds. The van der Waals surface area contributed by atoms with Gasteiger partial charge in [-0.15, -0.1) is 0 Å². The fourth-order valence-electron chi connectivity index (χ4n) is 0.568. The first-order chi connectivity index (χ1) is 4.93. The van der Waals surface area contributed by atoms with Crippen LogP contribution in [-0.2, 0) is 0 Å². The van der Waals surface area contributed by atoms with Gasteiger partial charge >= 0.3 is 0 Å². The number of allylic oxidation sites excluding steroid dienone is 2. The standard InChI is InChI=1S/C8H12N2Si/c1-7(11(2,3)4)8(5-9)6-10/h1-4H3. The summed E-state index contributed by atoms with van der Waals surface area (Å²) in [5.74, 6) is 0. The van der Waals surface area contributed by atoms with Gasteiger partial charge in [0.25, 0.3) is 0 Å². The van der Waals surface area contributed by atoms with Crippen LogP contribution in [0.25, 0.3) is 0 Å². The molecule has 2 nitrogen and oxygen atoms in total. The van der Waals surface area contributed by atoms with E-state index in [0.717, 1.165) is 5.20 Å². The van der Waals surface area contributed by atoms with Crippen LogP contribution >= 0.6 is 0 Å². The predicted octanol–water partition coefficient (Wildman–Crippen LogP) is 2.23. The molecule has 11 heavy (non-hydrogen) atoms. The minimum absolute atomic E-state index is 0.296. The van der Waals surface area contributed by atoms with E-state index in [0.29, 0.717) is 5.57 Å². The van der Waals surface area contributed by atoms with E-state index in [2.05, 4.69) is 19.6 Å². The quantitative estimate of drug-likeness (QED) is 0.440. The van der Waals surface area contributed by atoms with Crippen molar-refractivity contribution in [2.24, 2.45) is 0 Å². The van der Waals surface area contributed by atoms with Crippen molar-refractivity contribution in [3.63, 3.8) is 0 Å². The molecule has 0 saturated carbocycles. The number of nitriles is 2. The van der Waals surface area contributed by atoms with Crippen molar-refractivity contribution in [2.75, 3.05) is 0 Å². The molecule has 0 N–H and O–H groups in total. The largest absolute Gasteiger partial charge is 0.192 e. The van der Waals surface area contributed by atoms with Crippen LogP contribution in [0.2, 0.25) is 19.6 Å². The molecule has 0 aromatic rings. The van der Waals surface area contributed by atoms with Crippen LogP contribution in [0.15, 0.2) is 10.8 Å². The van der Waals surface area contributed by atoms with Gasteiger partial charge in [-0.1, -0.05) is 24.8 Å². The Bertz CT molecular complexity index is 241. The Morgan fingerprint density at radius 2 is 1.45 bits per heavy atom. The number of rotatable bonds is 1. The fourth-order valence-corrected chi connectivity index (χ4v) is 1.43. The molecule has 0 saturated heterocycles. The first kappa shape index (κ1) is 9.94. The Hall–Kier alpha value is -1.06. The van der Waals surface area contributed by atoms with Crippen LogP contribution in [0, 0.1) is 22.7 Å². The van der Waals surface area contributed by atoms with Crippen LogP contribution in [0.1, 0.15) is 6.92 Å². The van der Waals surface area contributed by atoms with Crippen molar-refractivity contribution >= 4 is 8.07 Å². The van der Waals surface area contributed by atoms with Crippen LogP contribution < -0.4 is 0 Å². The number of hydrogen-bond donors (Lipinski definition) is 0. The molecule has 0 rings (SSSR count). The van der Waals surface area contributed by atoms with E-state index in [4.69, 9.17) is 10.5 Å². The molecule has 0 bridgehead atoms. The zero-order valence-electron chi connectivity index (χ0n) is 7.39. The summed E-state index contributed by atoms with van der Waals surface area (Å²) in [5, 5.41) is 18.1. The summed E-state index contributed by atoms with van der Waals surface area (Å²) in [6.07, 6.45) is 0. The van der Waals surface area contributed by atoms with E-state index < -0.39 is 8.07 Å². The number of nitrogens with zero attached hydrogens (tertiary/aromatic N) is 2. The smallest absolute Gasteiger partial charge is 0.124 e. The monoisotopic (exact) mass is 164 g/mol. The fraction of sp³-hybridized carbons (Fsp3) is 0.500. The van der Waals surface area contributed by atoms with Crippen molar-refractivity contribution in [2.45, 2.75) is 26.6 Å².